The Bertz CT molecular complexity index is 1130. The number of aromatic amines is 1. The van der Waals surface area contributed by atoms with Gasteiger partial charge in [-0.2, -0.15) is 0 Å². The van der Waals surface area contributed by atoms with E-state index in [1.807, 2.05) is 29.2 Å². The van der Waals surface area contributed by atoms with Gasteiger partial charge in [-0.1, -0.05) is 29.5 Å². The van der Waals surface area contributed by atoms with Gasteiger partial charge in [-0.3, -0.25) is 0 Å². The van der Waals surface area contributed by atoms with Crippen molar-refractivity contribution in [1.29, 1.82) is 0 Å². The number of benzene rings is 2. The highest BCUT2D eigenvalue weighted by molar-refractivity contribution is 7.22. The number of para-hydroxylation sites is 1. The van der Waals surface area contributed by atoms with E-state index < -0.39 is 0 Å². The van der Waals surface area contributed by atoms with E-state index in [0.717, 1.165) is 26.3 Å². The number of anilines is 1. The fraction of sp³-hybridized carbons (Fsp3) is 0.158. The topological polar surface area (TPSA) is 58.2 Å². The summed E-state index contributed by atoms with van der Waals surface area (Å²) in [4.78, 5) is 22.1. The molecule has 0 aliphatic carbocycles. The van der Waals surface area contributed by atoms with E-state index in [-0.39, 0.29) is 17.9 Å². The van der Waals surface area contributed by atoms with Crippen LogP contribution in [0.5, 0.6) is 0 Å². The molecule has 5 rings (SSSR count). The SMILES string of the molecule is O=C(OC1CN(c2nc3ccc(F)cc3s2)C1)c1c[nH]c2ccccc12. The summed E-state index contributed by atoms with van der Waals surface area (Å²) < 4.78 is 19.7. The number of carbonyl (C=O) groups excluding carboxylic acids is 1. The molecule has 0 atom stereocenters. The number of aromatic nitrogens is 2. The molecule has 7 heteroatoms. The van der Waals surface area contributed by atoms with Gasteiger partial charge in [0.2, 0.25) is 0 Å². The number of fused-ring (bicyclic) bond motifs is 2. The molecule has 26 heavy (non-hydrogen) atoms. The number of nitrogens with zero attached hydrogens (tertiary/aromatic N) is 2. The number of hydrogen-bond donors (Lipinski definition) is 1. The minimum absolute atomic E-state index is 0.167. The van der Waals surface area contributed by atoms with Gasteiger partial charge in [0, 0.05) is 17.1 Å². The Labute approximate surface area is 152 Å². The number of halogens is 1. The van der Waals surface area contributed by atoms with E-state index in [1.165, 1.54) is 23.5 Å². The maximum atomic E-state index is 13.3. The highest BCUT2D eigenvalue weighted by Crippen LogP contribution is 2.32. The lowest BCUT2D eigenvalue weighted by molar-refractivity contribution is 0.0237. The van der Waals surface area contributed by atoms with Gasteiger partial charge in [0.05, 0.1) is 28.9 Å². The smallest absolute Gasteiger partial charge is 0.340 e. The number of rotatable bonds is 3. The Morgan fingerprint density at radius 3 is 3.00 bits per heavy atom. The largest absolute Gasteiger partial charge is 0.455 e. The summed E-state index contributed by atoms with van der Waals surface area (Å²) in [6.45, 7) is 1.19. The molecule has 0 unspecified atom stereocenters. The van der Waals surface area contributed by atoms with Crippen LogP contribution in [0.3, 0.4) is 0 Å². The van der Waals surface area contributed by atoms with Crippen LogP contribution >= 0.6 is 11.3 Å². The third-order valence-electron chi connectivity index (χ3n) is 4.54. The molecule has 1 fully saturated rings. The van der Waals surface area contributed by atoms with E-state index in [1.54, 1.807) is 12.3 Å². The first-order chi connectivity index (χ1) is 12.7. The van der Waals surface area contributed by atoms with Gasteiger partial charge < -0.3 is 14.6 Å². The summed E-state index contributed by atoms with van der Waals surface area (Å²) in [5.74, 6) is -0.583. The highest BCUT2D eigenvalue weighted by atomic mass is 32.1. The molecule has 2 aromatic heterocycles. The van der Waals surface area contributed by atoms with Crippen molar-refractivity contribution >= 4 is 43.6 Å². The maximum Gasteiger partial charge on any atom is 0.340 e. The van der Waals surface area contributed by atoms with Crippen molar-refractivity contribution in [2.45, 2.75) is 6.10 Å². The zero-order chi connectivity index (χ0) is 17.7. The van der Waals surface area contributed by atoms with Crippen molar-refractivity contribution in [3.63, 3.8) is 0 Å². The van der Waals surface area contributed by atoms with E-state index in [0.29, 0.717) is 18.7 Å². The second-order valence-corrected chi connectivity index (χ2v) is 7.30. The molecular formula is C19H14FN3O2S. The highest BCUT2D eigenvalue weighted by Gasteiger charge is 2.32. The van der Waals surface area contributed by atoms with Gasteiger partial charge >= 0.3 is 5.97 Å². The summed E-state index contributed by atoms with van der Waals surface area (Å²) >= 11 is 1.45. The molecule has 1 saturated heterocycles. The number of thiazole rings is 1. The molecule has 0 saturated carbocycles. The van der Waals surface area contributed by atoms with Crippen LogP contribution in [-0.4, -0.2) is 35.1 Å². The lowest BCUT2D eigenvalue weighted by atomic mass is 10.1. The maximum absolute atomic E-state index is 13.3. The van der Waals surface area contributed by atoms with Crippen molar-refractivity contribution < 1.29 is 13.9 Å². The Hall–Kier alpha value is -2.93. The molecule has 0 amide bonds. The van der Waals surface area contributed by atoms with Crippen LogP contribution in [0.15, 0.2) is 48.7 Å². The number of ether oxygens (including phenoxy) is 1. The van der Waals surface area contributed by atoms with Crippen molar-refractivity contribution in [2.24, 2.45) is 0 Å². The van der Waals surface area contributed by atoms with Crippen LogP contribution in [0.1, 0.15) is 10.4 Å². The standard InChI is InChI=1S/C19H14FN3O2S/c20-11-5-6-16-17(7-11)26-19(22-16)23-9-12(10-23)25-18(24)14-8-21-15-4-2-1-3-13(14)15/h1-8,12,21H,9-10H2. The van der Waals surface area contributed by atoms with Crippen LogP contribution in [0.4, 0.5) is 9.52 Å². The van der Waals surface area contributed by atoms with Crippen LogP contribution in [-0.2, 0) is 4.74 Å². The van der Waals surface area contributed by atoms with Crippen LogP contribution in [0, 0.1) is 5.82 Å². The van der Waals surface area contributed by atoms with E-state index in [2.05, 4.69) is 9.97 Å². The number of esters is 1. The third kappa shape index (κ3) is 2.52. The molecule has 5 nitrogen and oxygen atoms in total. The first-order valence-electron chi connectivity index (χ1n) is 8.25. The average molecular weight is 367 g/mol. The predicted molar refractivity (Wildman–Crippen MR) is 99.3 cm³/mol. The van der Waals surface area contributed by atoms with Gasteiger partial charge in [0.15, 0.2) is 5.13 Å². The molecule has 3 heterocycles. The summed E-state index contributed by atoms with van der Waals surface area (Å²) in [7, 11) is 0. The molecule has 1 aliphatic rings. The number of hydrogen-bond acceptors (Lipinski definition) is 5. The van der Waals surface area contributed by atoms with Crippen molar-refractivity contribution in [2.75, 3.05) is 18.0 Å². The molecular weight excluding hydrogens is 353 g/mol. The molecule has 1 N–H and O–H groups in total. The fourth-order valence-electron chi connectivity index (χ4n) is 3.15. The summed E-state index contributed by atoms with van der Waals surface area (Å²) in [6.07, 6.45) is 1.52. The Morgan fingerprint density at radius 1 is 1.27 bits per heavy atom. The van der Waals surface area contributed by atoms with E-state index in [4.69, 9.17) is 4.74 Å². The minimum Gasteiger partial charge on any atom is -0.455 e. The molecule has 130 valence electrons. The molecule has 1 aliphatic heterocycles. The quantitative estimate of drug-likeness (QED) is 0.557. The molecule has 4 aromatic rings. The van der Waals surface area contributed by atoms with Crippen molar-refractivity contribution in [1.82, 2.24) is 9.97 Å². The first-order valence-corrected chi connectivity index (χ1v) is 9.07. The van der Waals surface area contributed by atoms with Crippen molar-refractivity contribution in [3.8, 4) is 0 Å². The van der Waals surface area contributed by atoms with Crippen LogP contribution in [0.2, 0.25) is 0 Å². The van der Waals surface area contributed by atoms with Gasteiger partial charge in [0.25, 0.3) is 0 Å². The van der Waals surface area contributed by atoms with E-state index in [9.17, 15) is 9.18 Å². The second-order valence-electron chi connectivity index (χ2n) is 6.29. The van der Waals surface area contributed by atoms with Gasteiger partial charge in [-0.05, 0) is 24.3 Å². The number of carbonyl (C=O) groups is 1. The second kappa shape index (κ2) is 5.81. The van der Waals surface area contributed by atoms with Gasteiger partial charge in [-0.25, -0.2) is 14.2 Å². The Kier molecular flexibility index (Phi) is 3.43. The van der Waals surface area contributed by atoms with Crippen LogP contribution < -0.4 is 4.90 Å². The summed E-state index contributed by atoms with van der Waals surface area (Å²) in [5.41, 5.74) is 2.25. The Balaban J connectivity index is 1.27. The van der Waals surface area contributed by atoms with E-state index >= 15 is 0 Å². The van der Waals surface area contributed by atoms with Gasteiger partial charge in [-0.15, -0.1) is 0 Å². The fourth-order valence-corrected chi connectivity index (χ4v) is 4.15. The zero-order valence-corrected chi connectivity index (χ0v) is 14.4. The zero-order valence-electron chi connectivity index (χ0n) is 13.6. The number of H-pyrrole nitrogens is 1. The molecule has 2 aromatic carbocycles. The van der Waals surface area contributed by atoms with Crippen LogP contribution in [0.25, 0.3) is 21.1 Å². The monoisotopic (exact) mass is 367 g/mol. The summed E-state index contributed by atoms with van der Waals surface area (Å²) in [6, 6.07) is 12.2. The van der Waals surface area contributed by atoms with Crippen molar-refractivity contribution in [3.05, 3.63) is 60.0 Å². The average Bonchev–Trinajstić information content (AvgIpc) is 3.20. The first kappa shape index (κ1) is 15.3. The Morgan fingerprint density at radius 2 is 2.12 bits per heavy atom. The van der Waals surface area contributed by atoms with Gasteiger partial charge in [0.1, 0.15) is 11.9 Å². The molecule has 0 bridgehead atoms. The lowest BCUT2D eigenvalue weighted by Crippen LogP contribution is -2.53. The molecule has 0 radical (unpaired) electrons. The lowest BCUT2D eigenvalue weighted by Gasteiger charge is -2.38. The predicted octanol–water partition coefficient (Wildman–Crippen LogP) is 3.96. The minimum atomic E-state index is -0.321. The third-order valence-corrected chi connectivity index (χ3v) is 5.62. The normalized spacial score (nSPS) is 14.7. The molecule has 0 spiro atoms. The summed E-state index contributed by atoms with van der Waals surface area (Å²) in [5, 5.41) is 1.69. The number of nitrogens with one attached hydrogen (secondary N) is 1.